The molecule has 0 fully saturated rings. The zero-order chi connectivity index (χ0) is 18.2. The van der Waals surface area contributed by atoms with Crippen LogP contribution in [0.15, 0.2) is 53.4 Å². The molecule has 0 bridgehead atoms. The molecule has 25 heavy (non-hydrogen) atoms. The third-order valence-electron chi connectivity index (χ3n) is 3.71. The fourth-order valence-electron chi connectivity index (χ4n) is 2.48. The third kappa shape index (κ3) is 3.51. The molecule has 0 radical (unpaired) electrons. The Morgan fingerprint density at radius 3 is 2.40 bits per heavy atom. The smallest absolute Gasteiger partial charge is 0.263 e. The largest absolute Gasteiger partial charge is 0.276 e. The maximum atomic E-state index is 12.7. The lowest BCUT2D eigenvalue weighted by atomic mass is 10.3. The molecule has 8 heteroatoms. The summed E-state index contributed by atoms with van der Waals surface area (Å²) in [5.41, 5.74) is 2.49. The molecule has 0 saturated carbocycles. The summed E-state index contributed by atoms with van der Waals surface area (Å²) in [6.07, 6.45) is 0. The fourth-order valence-corrected chi connectivity index (χ4v) is 4.42. The summed E-state index contributed by atoms with van der Waals surface area (Å²) in [7, 11) is -3.90. The van der Waals surface area contributed by atoms with Gasteiger partial charge in [0.1, 0.15) is 4.90 Å². The van der Waals surface area contributed by atoms with Crippen molar-refractivity contribution in [1.29, 1.82) is 0 Å². The molecule has 5 nitrogen and oxygen atoms in total. The first kappa shape index (κ1) is 17.8. The maximum Gasteiger partial charge on any atom is 0.263 e. The quantitative estimate of drug-likeness (QED) is 0.701. The van der Waals surface area contributed by atoms with Crippen LogP contribution >= 0.6 is 23.2 Å². The molecule has 1 N–H and O–H groups in total. The van der Waals surface area contributed by atoms with Gasteiger partial charge < -0.3 is 0 Å². The number of hydrogen-bond donors (Lipinski definition) is 1. The molecule has 3 rings (SSSR count). The van der Waals surface area contributed by atoms with Crippen molar-refractivity contribution in [2.24, 2.45) is 0 Å². The van der Waals surface area contributed by atoms with E-state index in [0.29, 0.717) is 17.1 Å². The van der Waals surface area contributed by atoms with Gasteiger partial charge in [-0.25, -0.2) is 13.1 Å². The lowest BCUT2D eigenvalue weighted by Gasteiger charge is -2.10. The average Bonchev–Trinajstić information content (AvgIpc) is 2.85. The predicted octanol–water partition coefficient (Wildman–Crippen LogP) is 4.60. The van der Waals surface area contributed by atoms with Gasteiger partial charge in [0.25, 0.3) is 10.0 Å². The molecule has 2 aromatic carbocycles. The predicted molar refractivity (Wildman–Crippen MR) is 100 cm³/mol. The third-order valence-corrected chi connectivity index (χ3v) is 5.78. The van der Waals surface area contributed by atoms with Gasteiger partial charge in [-0.1, -0.05) is 41.4 Å². The summed E-state index contributed by atoms with van der Waals surface area (Å²) in [5.74, 6) is 0. The highest BCUT2D eigenvalue weighted by Crippen LogP contribution is 2.29. The number of rotatable bonds is 4. The Kier molecular flexibility index (Phi) is 4.77. The number of anilines is 1. The van der Waals surface area contributed by atoms with Gasteiger partial charge in [-0.3, -0.25) is 4.72 Å². The van der Waals surface area contributed by atoms with E-state index in [9.17, 15) is 8.42 Å². The maximum absolute atomic E-state index is 12.7. The van der Waals surface area contributed by atoms with Crippen molar-refractivity contribution in [3.8, 4) is 5.69 Å². The van der Waals surface area contributed by atoms with E-state index in [1.165, 1.54) is 18.2 Å². The number of aromatic nitrogens is 2. The summed E-state index contributed by atoms with van der Waals surface area (Å²) in [5, 5.41) is 4.82. The second-order valence-corrected chi connectivity index (χ2v) is 7.97. The van der Waals surface area contributed by atoms with Gasteiger partial charge in [0.15, 0.2) is 0 Å². The molecule has 1 aromatic heterocycles. The summed E-state index contributed by atoms with van der Waals surface area (Å²) >= 11 is 11.9. The highest BCUT2D eigenvalue weighted by Gasteiger charge is 2.23. The number of sulfonamides is 1. The highest BCUT2D eigenvalue weighted by atomic mass is 35.5. The van der Waals surface area contributed by atoms with Crippen molar-refractivity contribution in [3.05, 3.63) is 70.0 Å². The van der Waals surface area contributed by atoms with Crippen LogP contribution in [0.2, 0.25) is 10.0 Å². The Morgan fingerprint density at radius 1 is 1.04 bits per heavy atom. The molecule has 0 aliphatic carbocycles. The molecule has 3 aromatic rings. The second kappa shape index (κ2) is 6.71. The SMILES string of the molecule is Cc1nn(-c2ccccc2)c(C)c1NS(=O)(=O)c1cc(Cl)ccc1Cl. The molecule has 0 aliphatic heterocycles. The number of hydrogen-bond acceptors (Lipinski definition) is 3. The van der Waals surface area contributed by atoms with Crippen LogP contribution in [0, 0.1) is 13.8 Å². The first-order valence-electron chi connectivity index (χ1n) is 7.39. The summed E-state index contributed by atoms with van der Waals surface area (Å²) in [6.45, 7) is 3.54. The van der Waals surface area contributed by atoms with Crippen LogP contribution in [0.5, 0.6) is 0 Å². The van der Waals surface area contributed by atoms with Crippen LogP contribution in [0.1, 0.15) is 11.4 Å². The Hall–Kier alpha value is -2.02. The normalized spacial score (nSPS) is 11.5. The van der Waals surface area contributed by atoms with Crippen LogP contribution in [-0.4, -0.2) is 18.2 Å². The van der Waals surface area contributed by atoms with E-state index in [2.05, 4.69) is 9.82 Å². The lowest BCUT2D eigenvalue weighted by molar-refractivity contribution is 0.601. The molecule has 0 amide bonds. The van der Waals surface area contributed by atoms with Crippen LogP contribution in [-0.2, 0) is 10.0 Å². The molecule has 0 spiro atoms. The Bertz CT molecular complexity index is 1030. The van der Waals surface area contributed by atoms with Gasteiger partial charge in [-0.05, 0) is 44.2 Å². The Balaban J connectivity index is 2.04. The topological polar surface area (TPSA) is 64.0 Å². The van der Waals surface area contributed by atoms with Gasteiger partial charge in [0.2, 0.25) is 0 Å². The fraction of sp³-hybridized carbons (Fsp3) is 0.118. The first-order chi connectivity index (χ1) is 11.8. The van der Waals surface area contributed by atoms with Crippen molar-refractivity contribution >= 4 is 38.9 Å². The summed E-state index contributed by atoms with van der Waals surface area (Å²) in [4.78, 5) is -0.0760. The Morgan fingerprint density at radius 2 is 1.72 bits per heavy atom. The van der Waals surface area contributed by atoms with Crippen molar-refractivity contribution < 1.29 is 8.42 Å². The van der Waals surface area contributed by atoms with Gasteiger partial charge in [0, 0.05) is 5.02 Å². The first-order valence-corrected chi connectivity index (χ1v) is 9.63. The standard InChI is InChI=1S/C17H15Cl2N3O2S/c1-11-17(12(2)22(20-11)14-6-4-3-5-7-14)21-25(23,24)16-10-13(18)8-9-15(16)19/h3-10,21H,1-2H3. The average molecular weight is 396 g/mol. The summed E-state index contributed by atoms with van der Waals surface area (Å²) < 4.78 is 29.7. The van der Waals surface area contributed by atoms with Crippen LogP contribution in [0.4, 0.5) is 5.69 Å². The zero-order valence-corrected chi connectivity index (χ0v) is 15.8. The van der Waals surface area contributed by atoms with Crippen molar-refractivity contribution in [3.63, 3.8) is 0 Å². The van der Waals surface area contributed by atoms with Gasteiger partial charge in [-0.15, -0.1) is 0 Å². The molecular formula is C17H15Cl2N3O2S. The molecule has 0 unspecified atom stereocenters. The van der Waals surface area contributed by atoms with E-state index in [0.717, 1.165) is 5.69 Å². The van der Waals surface area contributed by atoms with E-state index in [1.807, 2.05) is 30.3 Å². The minimum Gasteiger partial charge on any atom is -0.276 e. The Labute approximate surface area is 156 Å². The minimum atomic E-state index is -3.90. The van der Waals surface area contributed by atoms with Crippen LogP contribution < -0.4 is 4.72 Å². The van der Waals surface area contributed by atoms with Gasteiger partial charge >= 0.3 is 0 Å². The van der Waals surface area contributed by atoms with E-state index < -0.39 is 10.0 Å². The van der Waals surface area contributed by atoms with E-state index >= 15 is 0 Å². The van der Waals surface area contributed by atoms with E-state index in [-0.39, 0.29) is 14.9 Å². The number of aryl methyl sites for hydroxylation is 1. The van der Waals surface area contributed by atoms with Crippen LogP contribution in [0.3, 0.4) is 0 Å². The van der Waals surface area contributed by atoms with Crippen molar-refractivity contribution in [2.45, 2.75) is 18.7 Å². The molecular weight excluding hydrogens is 381 g/mol. The second-order valence-electron chi connectivity index (χ2n) is 5.47. The number of benzene rings is 2. The minimum absolute atomic E-state index is 0.0760. The molecule has 0 atom stereocenters. The monoisotopic (exact) mass is 395 g/mol. The van der Waals surface area contributed by atoms with E-state index in [4.69, 9.17) is 23.2 Å². The number of nitrogens with zero attached hydrogens (tertiary/aromatic N) is 2. The highest BCUT2D eigenvalue weighted by molar-refractivity contribution is 7.92. The van der Waals surface area contributed by atoms with E-state index in [1.54, 1.807) is 18.5 Å². The number of nitrogens with one attached hydrogen (secondary N) is 1. The van der Waals surface area contributed by atoms with Crippen molar-refractivity contribution in [1.82, 2.24) is 9.78 Å². The molecule has 130 valence electrons. The molecule has 1 heterocycles. The zero-order valence-electron chi connectivity index (χ0n) is 13.5. The summed E-state index contributed by atoms with van der Waals surface area (Å²) in [6, 6.07) is 13.8. The van der Waals surface area contributed by atoms with Gasteiger partial charge in [-0.2, -0.15) is 5.10 Å². The lowest BCUT2D eigenvalue weighted by Crippen LogP contribution is -2.14. The van der Waals surface area contributed by atoms with Crippen molar-refractivity contribution in [2.75, 3.05) is 4.72 Å². The van der Waals surface area contributed by atoms with Crippen LogP contribution in [0.25, 0.3) is 5.69 Å². The number of para-hydroxylation sites is 1. The molecule has 0 aliphatic rings. The molecule has 0 saturated heterocycles. The van der Waals surface area contributed by atoms with Gasteiger partial charge in [0.05, 0.1) is 27.8 Å². The number of halogens is 2.